The highest BCUT2D eigenvalue weighted by molar-refractivity contribution is 5.69. The topological polar surface area (TPSA) is 51.7 Å². The molecule has 1 heterocycles. The van der Waals surface area contributed by atoms with Gasteiger partial charge in [-0.15, -0.1) is 0 Å². The molecule has 41 heavy (non-hydrogen) atoms. The van der Waals surface area contributed by atoms with E-state index >= 15 is 0 Å². The van der Waals surface area contributed by atoms with Gasteiger partial charge in [-0.2, -0.15) is 0 Å². The Morgan fingerprint density at radius 1 is 0.927 bits per heavy atom. The first-order valence-electron chi connectivity index (χ1n) is 15.0. The van der Waals surface area contributed by atoms with E-state index in [1.807, 2.05) is 89.8 Å². The number of rotatable bonds is 7. The van der Waals surface area contributed by atoms with Crippen molar-refractivity contribution in [2.24, 2.45) is 0 Å². The minimum absolute atomic E-state index is 0.0192. The maximum Gasteiger partial charge on any atom is 0.410 e. The number of carbonyl (C=O) groups excluding carboxylic acids is 1. The Morgan fingerprint density at radius 3 is 2.02 bits per heavy atom. The molecule has 0 fully saturated rings. The van der Waals surface area contributed by atoms with E-state index in [0.29, 0.717) is 23.5 Å². The number of pyridine rings is 1. The number of fused-ring (bicyclic) bond motifs is 1. The van der Waals surface area contributed by atoms with E-state index in [0.717, 1.165) is 36.1 Å². The highest BCUT2D eigenvalue weighted by atomic mass is 16.6. The molecule has 1 unspecified atom stereocenters. The Labute approximate surface area is 248 Å². The summed E-state index contributed by atoms with van der Waals surface area (Å²) in [5.41, 5.74) is 5.09. The lowest BCUT2D eigenvalue weighted by atomic mass is 9.89. The lowest BCUT2D eigenvalue weighted by Crippen LogP contribution is -2.46. The van der Waals surface area contributed by atoms with Gasteiger partial charge in [0.1, 0.15) is 17.9 Å². The number of ether oxygens (including phenoxy) is 2. The van der Waals surface area contributed by atoms with Crippen LogP contribution in [0, 0.1) is 0 Å². The molecule has 1 aliphatic carbocycles. The minimum atomic E-state index is -0.557. The monoisotopic (exact) mass is 562 g/mol. The Morgan fingerprint density at radius 2 is 1.49 bits per heavy atom. The van der Waals surface area contributed by atoms with Crippen LogP contribution in [-0.4, -0.2) is 48.8 Å². The molecule has 1 amide bonds. The summed E-state index contributed by atoms with van der Waals surface area (Å²) in [6.07, 6.45) is 2.07. The third-order valence-electron chi connectivity index (χ3n) is 6.53. The normalized spacial score (nSPS) is 14.3. The van der Waals surface area contributed by atoms with Crippen LogP contribution in [0.5, 0.6) is 5.88 Å². The summed E-state index contributed by atoms with van der Waals surface area (Å²) in [7, 11) is 6.49. The van der Waals surface area contributed by atoms with E-state index in [-0.39, 0.29) is 12.1 Å². The predicted molar refractivity (Wildman–Crippen MR) is 171 cm³/mol. The van der Waals surface area contributed by atoms with Gasteiger partial charge in [-0.05, 0) is 44.7 Å². The molecule has 6 heteroatoms. The number of aromatic nitrogens is 1. The van der Waals surface area contributed by atoms with Gasteiger partial charge in [-0.1, -0.05) is 88.4 Å². The highest BCUT2D eigenvalue weighted by Gasteiger charge is 2.35. The van der Waals surface area contributed by atoms with Gasteiger partial charge < -0.3 is 14.4 Å². The van der Waals surface area contributed by atoms with Gasteiger partial charge >= 0.3 is 6.09 Å². The molecule has 0 bridgehead atoms. The molecule has 6 nitrogen and oxygen atoms in total. The molecular weight excluding hydrogens is 510 g/mol. The minimum Gasteiger partial charge on any atom is -0.473 e. The van der Waals surface area contributed by atoms with Crippen molar-refractivity contribution < 1.29 is 14.3 Å². The van der Waals surface area contributed by atoms with Gasteiger partial charge in [0.15, 0.2) is 0 Å². The molecule has 224 valence electrons. The van der Waals surface area contributed by atoms with Crippen molar-refractivity contribution >= 4 is 11.8 Å². The van der Waals surface area contributed by atoms with E-state index in [1.165, 1.54) is 11.3 Å². The van der Waals surface area contributed by atoms with Crippen molar-refractivity contribution in [3.8, 4) is 5.88 Å². The number of carbonyl (C=O) groups is 1. The second-order valence-corrected chi connectivity index (χ2v) is 11.7. The summed E-state index contributed by atoms with van der Waals surface area (Å²) < 4.78 is 12.6. The number of aryl methyl sites for hydroxylation is 1. The molecule has 4 rings (SSSR count). The van der Waals surface area contributed by atoms with Crippen molar-refractivity contribution in [3.63, 3.8) is 0 Å². The van der Waals surface area contributed by atoms with Crippen molar-refractivity contribution in [1.82, 2.24) is 14.4 Å². The van der Waals surface area contributed by atoms with Crippen LogP contribution in [0.4, 0.5) is 10.5 Å². The highest BCUT2D eigenvalue weighted by Crippen LogP contribution is 2.36. The molecule has 0 saturated heterocycles. The number of hydrogen-bond donors (Lipinski definition) is 0. The molecule has 2 aromatic carbocycles. The summed E-state index contributed by atoms with van der Waals surface area (Å²) in [5, 5.41) is 0. The third-order valence-corrected chi connectivity index (χ3v) is 6.53. The Balaban J connectivity index is 0.00000141. The first kappa shape index (κ1) is 33.8. The first-order chi connectivity index (χ1) is 19.5. The summed E-state index contributed by atoms with van der Waals surface area (Å²) in [6.45, 7) is 14.7. The average Bonchev–Trinajstić information content (AvgIpc) is 2.96. The largest absolute Gasteiger partial charge is 0.473 e. The molecule has 1 aliphatic rings. The summed E-state index contributed by atoms with van der Waals surface area (Å²) in [6, 6.07) is 22.4. The fraction of sp³-hybridized carbons (Fsp3) is 0.486. The molecular formula is C35H52N3O3+. The van der Waals surface area contributed by atoms with Gasteiger partial charge in [0.05, 0.1) is 32.9 Å². The zero-order valence-corrected chi connectivity index (χ0v) is 27.0. The van der Waals surface area contributed by atoms with Crippen LogP contribution in [0.25, 0.3) is 0 Å². The summed E-state index contributed by atoms with van der Waals surface area (Å²) >= 11 is 0. The molecule has 0 N–H and O–H groups in total. The standard InChI is InChI=1S/C31H40N3O3.2C2H6/c1-31(2,3)37-30(35)33(21-23-13-9-7-10-14-23)25-17-18-27-26(19-25)28(34(4,5)6)20-29(32-27)36-22-24-15-11-8-12-16-24;2*1-2/h7-16,20,25H,17-19,21-22H2,1-6H3;2*1-2H3/q+1;;. The van der Waals surface area contributed by atoms with E-state index in [9.17, 15) is 4.79 Å². The van der Waals surface area contributed by atoms with E-state index in [1.54, 1.807) is 0 Å². The molecule has 1 atom stereocenters. The first-order valence-corrected chi connectivity index (χ1v) is 15.0. The van der Waals surface area contributed by atoms with Gasteiger partial charge in [-0.25, -0.2) is 9.78 Å². The predicted octanol–water partition coefficient (Wildman–Crippen LogP) is 8.20. The van der Waals surface area contributed by atoms with Gasteiger partial charge in [0.2, 0.25) is 5.88 Å². The lowest BCUT2D eigenvalue weighted by molar-refractivity contribution is 0.0123. The van der Waals surface area contributed by atoms with Crippen LogP contribution in [0.1, 0.15) is 77.3 Å². The van der Waals surface area contributed by atoms with Crippen LogP contribution in [-0.2, 0) is 30.7 Å². The Bertz CT molecular complexity index is 1200. The fourth-order valence-corrected chi connectivity index (χ4v) is 4.77. The zero-order valence-electron chi connectivity index (χ0n) is 27.0. The van der Waals surface area contributed by atoms with E-state index in [4.69, 9.17) is 14.5 Å². The van der Waals surface area contributed by atoms with Crippen LogP contribution in [0.3, 0.4) is 0 Å². The van der Waals surface area contributed by atoms with Gasteiger partial charge in [0.25, 0.3) is 0 Å². The maximum absolute atomic E-state index is 13.4. The lowest BCUT2D eigenvalue weighted by Gasteiger charge is -2.37. The van der Waals surface area contributed by atoms with Crippen LogP contribution in [0.2, 0.25) is 0 Å². The van der Waals surface area contributed by atoms with Gasteiger partial charge in [-0.3, -0.25) is 4.48 Å². The van der Waals surface area contributed by atoms with Crippen molar-refractivity contribution in [2.45, 2.75) is 92.5 Å². The summed E-state index contributed by atoms with van der Waals surface area (Å²) in [4.78, 5) is 20.2. The number of nitrogens with zero attached hydrogens (tertiary/aromatic N) is 3. The maximum atomic E-state index is 13.4. The molecule has 0 saturated carbocycles. The number of benzene rings is 2. The smallest absolute Gasteiger partial charge is 0.410 e. The molecule has 0 aliphatic heterocycles. The Hall–Kier alpha value is -3.38. The molecule has 0 radical (unpaired) electrons. The van der Waals surface area contributed by atoms with Crippen LogP contribution < -0.4 is 9.22 Å². The Kier molecular flexibility index (Phi) is 12.8. The SMILES string of the molecule is CC.CC.CC(C)(C)OC(=O)N(Cc1ccccc1)C1CCc2nc(OCc3ccccc3)cc([N+](C)(C)C)c2C1. The fourth-order valence-electron chi connectivity index (χ4n) is 4.77. The number of hydrogen-bond acceptors (Lipinski definition) is 4. The average molecular weight is 563 g/mol. The molecule has 3 aromatic rings. The quantitative estimate of drug-likeness (QED) is 0.272. The van der Waals surface area contributed by atoms with Crippen LogP contribution in [0.15, 0.2) is 66.7 Å². The third kappa shape index (κ3) is 10.2. The number of quaternary nitrogens is 1. The second kappa shape index (κ2) is 15.6. The van der Waals surface area contributed by atoms with E-state index < -0.39 is 5.60 Å². The van der Waals surface area contributed by atoms with Gasteiger partial charge in [0, 0.05) is 24.6 Å². The van der Waals surface area contributed by atoms with Crippen molar-refractivity contribution in [2.75, 3.05) is 21.1 Å². The van der Waals surface area contributed by atoms with Crippen LogP contribution >= 0.6 is 0 Å². The molecule has 1 aromatic heterocycles. The number of amides is 1. The molecule has 0 spiro atoms. The zero-order chi connectivity index (χ0) is 30.6. The van der Waals surface area contributed by atoms with E-state index in [2.05, 4.69) is 51.5 Å². The summed E-state index contributed by atoms with van der Waals surface area (Å²) in [5.74, 6) is 0.650. The second-order valence-electron chi connectivity index (χ2n) is 11.7. The van der Waals surface area contributed by atoms with Crippen molar-refractivity contribution in [1.29, 1.82) is 0 Å². The van der Waals surface area contributed by atoms with Crippen molar-refractivity contribution in [3.05, 3.63) is 89.1 Å².